The summed E-state index contributed by atoms with van der Waals surface area (Å²) in [6.45, 7) is 0. The number of rotatable bonds is 0. The van der Waals surface area contributed by atoms with Gasteiger partial charge >= 0.3 is 21.1 Å². The molecule has 2 heterocycles. The molecule has 0 aromatic carbocycles. The standard InChI is InChI=1S/C7H6N2.2ClH.H2N.Pt/c1-2-5-9-6-4-8-7(9)3-1;;;;/h1-6H;2*1H;1H2;/q;;;-1;+4/p-2. The topological polar surface area (TPSA) is 50.8 Å². The summed E-state index contributed by atoms with van der Waals surface area (Å²) in [7, 11) is 0. The predicted octanol–water partition coefficient (Wildman–Crippen LogP) is -3.94. The summed E-state index contributed by atoms with van der Waals surface area (Å²) in [5.41, 5.74) is 0.998. The van der Waals surface area contributed by atoms with Crippen molar-refractivity contribution in [3.8, 4) is 0 Å². The fourth-order valence-electron chi connectivity index (χ4n) is 0.864. The van der Waals surface area contributed by atoms with Crippen LogP contribution in [0, 0.1) is 0 Å². The number of hydrogen-bond donors (Lipinski definition) is 0. The van der Waals surface area contributed by atoms with Crippen LogP contribution in [0.2, 0.25) is 0 Å². The van der Waals surface area contributed by atoms with Crippen LogP contribution in [0.4, 0.5) is 0 Å². The van der Waals surface area contributed by atoms with Crippen LogP contribution in [-0.2, 0) is 21.1 Å². The minimum absolute atomic E-state index is 0. The maximum Gasteiger partial charge on any atom is 4.00 e. The van der Waals surface area contributed by atoms with Crippen LogP contribution in [-0.4, -0.2) is 9.38 Å². The van der Waals surface area contributed by atoms with E-state index in [1.807, 2.05) is 35.0 Å². The molecule has 0 atom stereocenters. The van der Waals surface area contributed by atoms with Crippen molar-refractivity contribution in [2.24, 2.45) is 0 Å². The van der Waals surface area contributed by atoms with Crippen molar-refractivity contribution in [1.29, 1.82) is 0 Å². The van der Waals surface area contributed by atoms with E-state index in [4.69, 9.17) is 0 Å². The molecule has 0 spiro atoms. The van der Waals surface area contributed by atoms with Gasteiger partial charge in [-0.2, -0.15) is 0 Å². The summed E-state index contributed by atoms with van der Waals surface area (Å²) < 4.78 is 1.97. The van der Waals surface area contributed by atoms with Gasteiger partial charge in [0.05, 0.1) is 0 Å². The number of pyridine rings is 1. The number of fused-ring (bicyclic) bond motifs is 1. The van der Waals surface area contributed by atoms with Crippen LogP contribution in [0.5, 0.6) is 0 Å². The Kier molecular flexibility index (Phi) is 12.2. The Morgan fingerprint density at radius 2 is 1.77 bits per heavy atom. The summed E-state index contributed by atoms with van der Waals surface area (Å²) in [4.78, 5) is 4.08. The van der Waals surface area contributed by atoms with Gasteiger partial charge in [0.1, 0.15) is 5.65 Å². The van der Waals surface area contributed by atoms with Crippen molar-refractivity contribution in [2.45, 2.75) is 0 Å². The van der Waals surface area contributed by atoms with Crippen LogP contribution in [0.3, 0.4) is 0 Å². The van der Waals surface area contributed by atoms with E-state index >= 15 is 0 Å². The normalized spacial score (nSPS) is 7.08. The molecule has 2 aromatic rings. The molecule has 0 fully saturated rings. The Morgan fingerprint density at radius 3 is 2.38 bits per heavy atom. The monoisotopic (exact) mass is 399 g/mol. The quantitative estimate of drug-likeness (QED) is 0.446. The van der Waals surface area contributed by atoms with Crippen molar-refractivity contribution < 1.29 is 45.9 Å². The van der Waals surface area contributed by atoms with E-state index in [-0.39, 0.29) is 52.0 Å². The predicted molar refractivity (Wildman–Crippen MR) is 40.5 cm³/mol. The molecule has 74 valence electrons. The Morgan fingerprint density at radius 1 is 1.08 bits per heavy atom. The molecular formula is C7H8Cl2N3Pt+. The molecule has 6 heteroatoms. The number of nitrogens with zero attached hydrogens (tertiary/aromatic N) is 2. The molecule has 2 rings (SSSR count). The average molecular weight is 400 g/mol. The molecule has 0 aliphatic rings. The molecule has 13 heavy (non-hydrogen) atoms. The maximum absolute atomic E-state index is 4.08. The van der Waals surface area contributed by atoms with E-state index < -0.39 is 0 Å². The first kappa shape index (κ1) is 18.7. The molecule has 0 amide bonds. The number of halogens is 2. The van der Waals surface area contributed by atoms with Crippen LogP contribution >= 0.6 is 0 Å². The van der Waals surface area contributed by atoms with Crippen LogP contribution < -0.4 is 24.8 Å². The Bertz CT molecular complexity index is 296. The second kappa shape index (κ2) is 8.51. The molecular weight excluding hydrogens is 392 g/mol. The number of imidazole rings is 1. The third-order valence-electron chi connectivity index (χ3n) is 1.30. The SMILES string of the molecule is [Cl-].[Cl-].[NH2-].[Pt+4].c1ccn2ccnc2c1. The van der Waals surface area contributed by atoms with E-state index in [0.29, 0.717) is 0 Å². The zero-order valence-corrected chi connectivity index (χ0v) is 10.3. The van der Waals surface area contributed by atoms with Gasteiger partial charge in [0.2, 0.25) is 0 Å². The summed E-state index contributed by atoms with van der Waals surface area (Å²) in [5.74, 6) is 0. The molecule has 0 bridgehead atoms. The van der Waals surface area contributed by atoms with Gasteiger partial charge in [0.25, 0.3) is 0 Å². The number of hydrogen-bond acceptors (Lipinski definition) is 1. The van der Waals surface area contributed by atoms with Crippen LogP contribution in [0.25, 0.3) is 11.8 Å². The first-order chi connectivity index (χ1) is 4.47. The largest absolute Gasteiger partial charge is 4.00 e. The third-order valence-corrected chi connectivity index (χ3v) is 1.30. The van der Waals surface area contributed by atoms with Gasteiger partial charge in [-0.25, -0.2) is 4.98 Å². The fourth-order valence-corrected chi connectivity index (χ4v) is 0.864. The summed E-state index contributed by atoms with van der Waals surface area (Å²) in [5, 5.41) is 0. The van der Waals surface area contributed by atoms with Crippen molar-refractivity contribution in [1.82, 2.24) is 9.38 Å². The molecule has 0 unspecified atom stereocenters. The van der Waals surface area contributed by atoms with Crippen molar-refractivity contribution in [3.05, 3.63) is 42.9 Å². The molecule has 0 aliphatic carbocycles. The van der Waals surface area contributed by atoms with Crippen LogP contribution in [0.1, 0.15) is 0 Å². The Balaban J connectivity index is -0.000000250. The first-order valence-corrected chi connectivity index (χ1v) is 2.84. The van der Waals surface area contributed by atoms with Gasteiger partial charge in [0.15, 0.2) is 0 Å². The minimum atomic E-state index is 0. The molecule has 0 saturated heterocycles. The minimum Gasteiger partial charge on any atom is -1.00 e. The summed E-state index contributed by atoms with van der Waals surface area (Å²) in [6.07, 6.45) is 5.69. The Hall–Kier alpha value is -0.0817. The van der Waals surface area contributed by atoms with E-state index in [1.165, 1.54) is 0 Å². The second-order valence-corrected chi connectivity index (χ2v) is 1.89. The van der Waals surface area contributed by atoms with Gasteiger partial charge in [-0.15, -0.1) is 0 Å². The van der Waals surface area contributed by atoms with E-state index in [2.05, 4.69) is 4.98 Å². The van der Waals surface area contributed by atoms with E-state index in [0.717, 1.165) is 5.65 Å². The van der Waals surface area contributed by atoms with Crippen molar-refractivity contribution in [2.75, 3.05) is 0 Å². The number of aromatic nitrogens is 2. The van der Waals surface area contributed by atoms with Crippen molar-refractivity contribution in [3.63, 3.8) is 0 Å². The average Bonchev–Trinajstić information content (AvgIpc) is 2.33. The summed E-state index contributed by atoms with van der Waals surface area (Å²) >= 11 is 0. The zero-order valence-electron chi connectivity index (χ0n) is 6.51. The molecule has 0 aliphatic heterocycles. The second-order valence-electron chi connectivity index (χ2n) is 1.89. The third kappa shape index (κ3) is 4.10. The first-order valence-electron chi connectivity index (χ1n) is 2.84. The van der Waals surface area contributed by atoms with Gasteiger partial charge in [-0.1, -0.05) is 6.07 Å². The van der Waals surface area contributed by atoms with Gasteiger partial charge in [-0.3, -0.25) is 0 Å². The smallest absolute Gasteiger partial charge is 1.00 e. The molecule has 3 nitrogen and oxygen atoms in total. The number of nitrogens with two attached hydrogens (primary N) is 1. The molecule has 2 N–H and O–H groups in total. The van der Waals surface area contributed by atoms with Gasteiger partial charge in [-0.05, 0) is 12.1 Å². The Labute approximate surface area is 104 Å². The summed E-state index contributed by atoms with van der Waals surface area (Å²) in [6, 6.07) is 5.93. The molecule has 0 radical (unpaired) electrons. The molecule has 0 saturated carbocycles. The zero-order chi connectivity index (χ0) is 6.10. The van der Waals surface area contributed by atoms with E-state index in [9.17, 15) is 0 Å². The fraction of sp³-hybridized carbons (Fsp3) is 0. The van der Waals surface area contributed by atoms with Gasteiger partial charge < -0.3 is 35.4 Å². The molecule has 2 aromatic heterocycles. The maximum atomic E-state index is 4.08. The van der Waals surface area contributed by atoms with Gasteiger partial charge in [0, 0.05) is 18.6 Å². The van der Waals surface area contributed by atoms with Crippen molar-refractivity contribution >= 4 is 5.65 Å². The van der Waals surface area contributed by atoms with Crippen LogP contribution in [0.15, 0.2) is 36.8 Å². The van der Waals surface area contributed by atoms with E-state index in [1.54, 1.807) is 6.20 Å².